The number of aromatic amines is 1. The summed E-state index contributed by atoms with van der Waals surface area (Å²) in [5.74, 6) is -0.521. The molecular weight excluding hydrogens is 268 g/mol. The van der Waals surface area contributed by atoms with Crippen molar-refractivity contribution in [2.45, 2.75) is 6.54 Å². The first-order valence-electron chi connectivity index (χ1n) is 6.63. The Kier molecular flexibility index (Phi) is 3.55. The highest BCUT2D eigenvalue weighted by atomic mass is 16.5. The molecule has 0 unspecified atom stereocenters. The quantitative estimate of drug-likeness (QED) is 0.703. The summed E-state index contributed by atoms with van der Waals surface area (Å²) in [6.07, 6.45) is 0. The van der Waals surface area contributed by atoms with Crippen LogP contribution in [0.1, 0.15) is 5.56 Å². The SMILES string of the molecule is O=C(O)COc1[nH][n+](Cc2ccccc2)c2ccccc12. The van der Waals surface area contributed by atoms with Crippen LogP contribution in [0.2, 0.25) is 0 Å². The van der Waals surface area contributed by atoms with Gasteiger partial charge in [0.2, 0.25) is 5.52 Å². The first kappa shape index (κ1) is 13.2. The Balaban J connectivity index is 1.96. The topological polar surface area (TPSA) is 66.2 Å². The van der Waals surface area contributed by atoms with E-state index >= 15 is 0 Å². The first-order chi connectivity index (χ1) is 10.2. The molecule has 0 atom stereocenters. The van der Waals surface area contributed by atoms with Gasteiger partial charge in [-0.1, -0.05) is 42.5 Å². The zero-order valence-corrected chi connectivity index (χ0v) is 11.3. The van der Waals surface area contributed by atoms with Crippen LogP contribution in [0.5, 0.6) is 5.88 Å². The number of fused-ring (bicyclic) bond motifs is 1. The number of ether oxygens (including phenoxy) is 1. The number of aromatic nitrogens is 2. The summed E-state index contributed by atoms with van der Waals surface area (Å²) < 4.78 is 7.27. The number of aliphatic carboxylic acids is 1. The van der Waals surface area contributed by atoms with Crippen molar-refractivity contribution in [1.29, 1.82) is 0 Å². The van der Waals surface area contributed by atoms with Gasteiger partial charge in [0.25, 0.3) is 5.88 Å². The summed E-state index contributed by atoms with van der Waals surface area (Å²) >= 11 is 0. The van der Waals surface area contributed by atoms with E-state index in [4.69, 9.17) is 9.84 Å². The monoisotopic (exact) mass is 283 g/mol. The van der Waals surface area contributed by atoms with E-state index in [9.17, 15) is 4.79 Å². The fourth-order valence-corrected chi connectivity index (χ4v) is 2.28. The highest BCUT2D eigenvalue weighted by molar-refractivity contribution is 5.81. The molecule has 0 bridgehead atoms. The molecule has 0 aliphatic rings. The maximum Gasteiger partial charge on any atom is 0.341 e. The molecule has 0 spiro atoms. The summed E-state index contributed by atoms with van der Waals surface area (Å²) in [5, 5.41) is 12.7. The standard InChI is InChI=1S/C16H14N2O3/c19-15(20)11-21-16-13-8-4-5-9-14(13)18(17-16)10-12-6-2-1-3-7-12/h1-9H,10-11H2,(H,19,20)/p+1. The molecule has 5 nitrogen and oxygen atoms in total. The third-order valence-corrected chi connectivity index (χ3v) is 3.20. The van der Waals surface area contributed by atoms with Gasteiger partial charge in [0.15, 0.2) is 13.2 Å². The van der Waals surface area contributed by atoms with E-state index in [2.05, 4.69) is 5.10 Å². The summed E-state index contributed by atoms with van der Waals surface area (Å²) in [7, 11) is 0. The Hall–Kier alpha value is -2.82. The molecule has 0 aliphatic carbocycles. The zero-order valence-electron chi connectivity index (χ0n) is 11.3. The molecule has 1 heterocycles. The lowest BCUT2D eigenvalue weighted by molar-refractivity contribution is -0.719. The van der Waals surface area contributed by atoms with Crippen LogP contribution in [0.4, 0.5) is 0 Å². The number of nitrogens with zero attached hydrogens (tertiary/aromatic N) is 1. The Labute approximate surface area is 121 Å². The predicted molar refractivity (Wildman–Crippen MR) is 77.2 cm³/mol. The average Bonchev–Trinajstić information content (AvgIpc) is 2.85. The Morgan fingerprint density at radius 1 is 1.10 bits per heavy atom. The molecule has 0 radical (unpaired) electrons. The van der Waals surface area contributed by atoms with Crippen molar-refractivity contribution in [2.75, 3.05) is 6.61 Å². The number of carboxylic acid groups (broad SMARTS) is 1. The van der Waals surface area contributed by atoms with Gasteiger partial charge in [-0.15, -0.1) is 9.78 Å². The fourth-order valence-electron chi connectivity index (χ4n) is 2.28. The van der Waals surface area contributed by atoms with Gasteiger partial charge in [0, 0.05) is 11.6 Å². The molecule has 106 valence electrons. The van der Waals surface area contributed by atoms with Gasteiger partial charge in [-0.3, -0.25) is 0 Å². The van der Waals surface area contributed by atoms with Gasteiger partial charge in [-0.2, -0.15) is 0 Å². The number of rotatable bonds is 5. The van der Waals surface area contributed by atoms with E-state index in [1.54, 1.807) is 0 Å². The summed E-state index contributed by atoms with van der Waals surface area (Å²) in [6, 6.07) is 17.8. The molecule has 0 fully saturated rings. The molecule has 3 aromatic rings. The van der Waals surface area contributed by atoms with Gasteiger partial charge >= 0.3 is 5.97 Å². The van der Waals surface area contributed by atoms with Crippen LogP contribution in [0.15, 0.2) is 54.6 Å². The Morgan fingerprint density at radius 2 is 1.81 bits per heavy atom. The van der Waals surface area contributed by atoms with Crippen LogP contribution in [0.25, 0.3) is 10.9 Å². The van der Waals surface area contributed by atoms with E-state index in [1.165, 1.54) is 0 Å². The number of benzene rings is 2. The van der Waals surface area contributed by atoms with Gasteiger partial charge in [0.05, 0.1) is 0 Å². The van der Waals surface area contributed by atoms with Gasteiger partial charge in [0.1, 0.15) is 5.39 Å². The van der Waals surface area contributed by atoms with Crippen molar-refractivity contribution in [3.63, 3.8) is 0 Å². The lowest BCUT2D eigenvalue weighted by atomic mass is 10.2. The van der Waals surface area contributed by atoms with Gasteiger partial charge in [-0.05, 0) is 6.07 Å². The molecule has 2 aromatic carbocycles. The van der Waals surface area contributed by atoms with Gasteiger partial charge < -0.3 is 9.84 Å². The van der Waals surface area contributed by atoms with E-state index in [-0.39, 0.29) is 6.61 Å². The van der Waals surface area contributed by atoms with Crippen molar-refractivity contribution < 1.29 is 19.3 Å². The summed E-state index contributed by atoms with van der Waals surface area (Å²) in [6.45, 7) is 0.299. The second-order valence-electron chi connectivity index (χ2n) is 4.71. The summed E-state index contributed by atoms with van der Waals surface area (Å²) in [5.41, 5.74) is 2.13. The van der Waals surface area contributed by atoms with Crippen molar-refractivity contribution in [3.8, 4) is 5.88 Å². The van der Waals surface area contributed by atoms with Crippen LogP contribution in [0.3, 0.4) is 0 Å². The number of H-pyrrole nitrogens is 1. The molecule has 0 aliphatic heterocycles. The molecule has 1 aromatic heterocycles. The fraction of sp³-hybridized carbons (Fsp3) is 0.125. The Morgan fingerprint density at radius 3 is 2.57 bits per heavy atom. The number of carboxylic acids is 1. The third kappa shape index (κ3) is 2.86. The van der Waals surface area contributed by atoms with Gasteiger partial charge in [-0.25, -0.2) is 4.79 Å². The zero-order chi connectivity index (χ0) is 14.7. The minimum atomic E-state index is -0.997. The van der Waals surface area contributed by atoms with Crippen LogP contribution >= 0.6 is 0 Å². The summed E-state index contributed by atoms with van der Waals surface area (Å²) in [4.78, 5) is 10.7. The minimum absolute atomic E-state index is 0.365. The predicted octanol–water partition coefficient (Wildman–Crippen LogP) is 1.97. The molecule has 5 heteroatoms. The van der Waals surface area contributed by atoms with Crippen LogP contribution in [-0.2, 0) is 11.3 Å². The second kappa shape index (κ2) is 5.66. The smallest absolute Gasteiger partial charge is 0.341 e. The van der Waals surface area contributed by atoms with E-state index in [0.717, 1.165) is 16.5 Å². The normalized spacial score (nSPS) is 10.7. The van der Waals surface area contributed by atoms with Crippen LogP contribution in [-0.4, -0.2) is 22.8 Å². The number of hydrogen-bond acceptors (Lipinski definition) is 2. The highest BCUT2D eigenvalue weighted by Gasteiger charge is 2.19. The molecule has 0 saturated carbocycles. The van der Waals surface area contributed by atoms with Crippen molar-refractivity contribution in [1.82, 2.24) is 5.10 Å². The number of para-hydroxylation sites is 1. The lowest BCUT2D eigenvalue weighted by Gasteiger charge is -1.97. The first-order valence-corrected chi connectivity index (χ1v) is 6.63. The maximum absolute atomic E-state index is 10.7. The van der Waals surface area contributed by atoms with Crippen LogP contribution < -0.4 is 9.42 Å². The molecule has 3 rings (SSSR count). The second-order valence-corrected chi connectivity index (χ2v) is 4.71. The Bertz CT molecular complexity index is 766. The highest BCUT2D eigenvalue weighted by Crippen LogP contribution is 2.21. The van der Waals surface area contributed by atoms with E-state index in [0.29, 0.717) is 12.4 Å². The molecule has 2 N–H and O–H groups in total. The minimum Gasteiger partial charge on any atom is -0.479 e. The van der Waals surface area contributed by atoms with E-state index < -0.39 is 5.97 Å². The molecule has 0 saturated heterocycles. The lowest BCUT2D eigenvalue weighted by Crippen LogP contribution is -2.36. The third-order valence-electron chi connectivity index (χ3n) is 3.20. The van der Waals surface area contributed by atoms with Crippen molar-refractivity contribution >= 4 is 16.9 Å². The molecule has 0 amide bonds. The van der Waals surface area contributed by atoms with Crippen molar-refractivity contribution in [3.05, 3.63) is 60.2 Å². The maximum atomic E-state index is 10.7. The largest absolute Gasteiger partial charge is 0.479 e. The number of nitrogens with one attached hydrogen (secondary N) is 1. The molecule has 21 heavy (non-hydrogen) atoms. The average molecular weight is 283 g/mol. The van der Waals surface area contributed by atoms with Crippen molar-refractivity contribution in [2.24, 2.45) is 0 Å². The molecular formula is C16H15N2O3+. The number of carbonyl (C=O) groups is 1. The van der Waals surface area contributed by atoms with Crippen LogP contribution in [0, 0.1) is 0 Å². The number of hydrogen-bond donors (Lipinski definition) is 2. The van der Waals surface area contributed by atoms with E-state index in [1.807, 2.05) is 59.3 Å².